The lowest BCUT2D eigenvalue weighted by Crippen LogP contribution is -2.07. The number of ether oxygens (including phenoxy) is 1. The molecule has 0 spiro atoms. The second kappa shape index (κ2) is 3.12. The Labute approximate surface area is 82.1 Å². The summed E-state index contributed by atoms with van der Waals surface area (Å²) in [5.41, 5.74) is 2.43. The van der Waals surface area contributed by atoms with E-state index in [4.69, 9.17) is 4.74 Å². The molecule has 1 atom stereocenters. The second-order valence-corrected chi connectivity index (χ2v) is 3.54. The number of aromatic amines is 1. The molecule has 0 bridgehead atoms. The van der Waals surface area contributed by atoms with Crippen LogP contribution in [-0.4, -0.2) is 18.3 Å². The van der Waals surface area contributed by atoms with Crippen LogP contribution in [0.3, 0.4) is 0 Å². The third-order valence-corrected chi connectivity index (χ3v) is 2.68. The summed E-state index contributed by atoms with van der Waals surface area (Å²) < 4.78 is 5.57. The molecule has 1 aromatic carbocycles. The van der Waals surface area contributed by atoms with Crippen molar-refractivity contribution in [2.24, 2.45) is 0 Å². The monoisotopic (exact) mass is 188 g/mol. The van der Waals surface area contributed by atoms with Gasteiger partial charge in [0.15, 0.2) is 0 Å². The SMILES string of the molecule is c1ccc2c(C3CNCO3)c[nH]c2c1. The minimum atomic E-state index is 0.200. The molecule has 3 rings (SSSR count). The van der Waals surface area contributed by atoms with E-state index in [1.165, 1.54) is 16.5 Å². The first-order valence-electron chi connectivity index (χ1n) is 4.83. The van der Waals surface area contributed by atoms with Crippen LogP contribution >= 0.6 is 0 Å². The van der Waals surface area contributed by atoms with E-state index in [1.807, 2.05) is 12.3 Å². The van der Waals surface area contributed by atoms with E-state index in [9.17, 15) is 0 Å². The number of H-pyrrole nitrogens is 1. The molecule has 1 fully saturated rings. The third kappa shape index (κ3) is 1.14. The van der Waals surface area contributed by atoms with Gasteiger partial charge in [-0.2, -0.15) is 0 Å². The first-order chi connectivity index (χ1) is 6.95. The number of aromatic nitrogens is 1. The van der Waals surface area contributed by atoms with E-state index < -0.39 is 0 Å². The van der Waals surface area contributed by atoms with E-state index in [0.717, 1.165) is 6.54 Å². The van der Waals surface area contributed by atoms with Gasteiger partial charge in [-0.3, -0.25) is 5.32 Å². The Bertz CT molecular complexity index is 443. The number of nitrogens with one attached hydrogen (secondary N) is 2. The largest absolute Gasteiger partial charge is 0.361 e. The molecule has 14 heavy (non-hydrogen) atoms. The van der Waals surface area contributed by atoms with Crippen LogP contribution in [0, 0.1) is 0 Å². The van der Waals surface area contributed by atoms with Crippen LogP contribution < -0.4 is 5.32 Å². The quantitative estimate of drug-likeness (QED) is 0.715. The molecule has 0 amide bonds. The summed E-state index contributed by atoms with van der Waals surface area (Å²) >= 11 is 0. The standard InChI is InChI=1S/C11H12N2O/c1-2-4-10-8(3-1)9(5-13-10)11-6-12-7-14-11/h1-5,11-13H,6-7H2. The Kier molecular flexibility index (Phi) is 1.79. The van der Waals surface area contributed by atoms with Crippen LogP contribution in [0.4, 0.5) is 0 Å². The lowest BCUT2D eigenvalue weighted by atomic mass is 10.1. The van der Waals surface area contributed by atoms with E-state index in [0.29, 0.717) is 6.73 Å². The number of fused-ring (bicyclic) bond motifs is 1. The van der Waals surface area contributed by atoms with Gasteiger partial charge in [-0.25, -0.2) is 0 Å². The lowest BCUT2D eigenvalue weighted by Gasteiger charge is -2.05. The number of rotatable bonds is 1. The number of para-hydroxylation sites is 1. The molecule has 1 aliphatic heterocycles. The van der Waals surface area contributed by atoms with Gasteiger partial charge in [0.25, 0.3) is 0 Å². The average molecular weight is 188 g/mol. The van der Waals surface area contributed by atoms with Crippen LogP contribution in [0.15, 0.2) is 30.5 Å². The normalized spacial score (nSPS) is 21.9. The number of hydrogen-bond acceptors (Lipinski definition) is 2. The highest BCUT2D eigenvalue weighted by molar-refractivity contribution is 5.83. The summed E-state index contributed by atoms with van der Waals surface area (Å²) in [5, 5.41) is 4.45. The van der Waals surface area contributed by atoms with Crippen molar-refractivity contribution in [3.63, 3.8) is 0 Å². The smallest absolute Gasteiger partial charge is 0.0988 e. The Morgan fingerprint density at radius 2 is 2.21 bits per heavy atom. The van der Waals surface area contributed by atoms with Gasteiger partial charge in [-0.1, -0.05) is 18.2 Å². The zero-order valence-corrected chi connectivity index (χ0v) is 7.79. The van der Waals surface area contributed by atoms with Crippen molar-refractivity contribution in [3.05, 3.63) is 36.0 Å². The second-order valence-electron chi connectivity index (χ2n) is 3.54. The molecule has 2 N–H and O–H groups in total. The fraction of sp³-hybridized carbons (Fsp3) is 0.273. The summed E-state index contributed by atoms with van der Waals surface area (Å²) in [5.74, 6) is 0. The van der Waals surface area contributed by atoms with Gasteiger partial charge in [0.1, 0.15) is 0 Å². The molecule has 0 radical (unpaired) electrons. The van der Waals surface area contributed by atoms with E-state index in [1.54, 1.807) is 0 Å². The molecule has 0 aliphatic carbocycles. The van der Waals surface area contributed by atoms with Crippen LogP contribution in [0.25, 0.3) is 10.9 Å². The molecule has 2 heterocycles. The van der Waals surface area contributed by atoms with Crippen LogP contribution in [-0.2, 0) is 4.74 Å². The lowest BCUT2D eigenvalue weighted by molar-refractivity contribution is 0.115. The first kappa shape index (κ1) is 8.03. The first-order valence-corrected chi connectivity index (χ1v) is 4.83. The van der Waals surface area contributed by atoms with Gasteiger partial charge >= 0.3 is 0 Å². The van der Waals surface area contributed by atoms with Crippen LogP contribution in [0.5, 0.6) is 0 Å². The van der Waals surface area contributed by atoms with E-state index in [2.05, 4.69) is 28.5 Å². The highest BCUT2D eigenvalue weighted by Crippen LogP contribution is 2.27. The maximum Gasteiger partial charge on any atom is 0.0988 e. The number of hydrogen-bond donors (Lipinski definition) is 2. The van der Waals surface area contributed by atoms with Gasteiger partial charge < -0.3 is 9.72 Å². The highest BCUT2D eigenvalue weighted by atomic mass is 16.5. The molecular formula is C11H12N2O. The van der Waals surface area contributed by atoms with Gasteiger partial charge in [0.05, 0.1) is 12.8 Å². The summed E-state index contributed by atoms with van der Waals surface area (Å²) in [7, 11) is 0. The molecule has 72 valence electrons. The summed E-state index contributed by atoms with van der Waals surface area (Å²) in [6, 6.07) is 8.31. The fourth-order valence-electron chi connectivity index (χ4n) is 1.97. The molecule has 1 saturated heterocycles. The van der Waals surface area contributed by atoms with Crippen molar-refractivity contribution < 1.29 is 4.74 Å². The fourth-order valence-corrected chi connectivity index (χ4v) is 1.97. The molecular weight excluding hydrogens is 176 g/mol. The summed E-state index contributed by atoms with van der Waals surface area (Å²) in [6.45, 7) is 1.56. The Hall–Kier alpha value is -1.32. The van der Waals surface area contributed by atoms with Gasteiger partial charge in [-0.05, 0) is 6.07 Å². The van der Waals surface area contributed by atoms with Gasteiger partial charge in [-0.15, -0.1) is 0 Å². The van der Waals surface area contributed by atoms with Gasteiger partial charge in [0.2, 0.25) is 0 Å². The van der Waals surface area contributed by atoms with Crippen molar-refractivity contribution in [2.75, 3.05) is 13.3 Å². The minimum absolute atomic E-state index is 0.200. The van der Waals surface area contributed by atoms with Crippen molar-refractivity contribution in [1.82, 2.24) is 10.3 Å². The van der Waals surface area contributed by atoms with Gasteiger partial charge in [0, 0.05) is 29.2 Å². The van der Waals surface area contributed by atoms with Crippen molar-refractivity contribution in [3.8, 4) is 0 Å². The molecule has 3 nitrogen and oxygen atoms in total. The molecule has 1 aliphatic rings. The Balaban J connectivity index is 2.11. The molecule has 2 aromatic rings. The molecule has 1 aromatic heterocycles. The van der Waals surface area contributed by atoms with Crippen molar-refractivity contribution >= 4 is 10.9 Å². The van der Waals surface area contributed by atoms with Crippen LogP contribution in [0.2, 0.25) is 0 Å². The third-order valence-electron chi connectivity index (χ3n) is 2.68. The van der Waals surface area contributed by atoms with Crippen molar-refractivity contribution in [2.45, 2.75) is 6.10 Å². The average Bonchev–Trinajstić information content (AvgIpc) is 2.85. The molecule has 3 heteroatoms. The predicted octanol–water partition coefficient (Wildman–Crippen LogP) is 1.79. The molecule has 0 saturated carbocycles. The summed E-state index contributed by atoms with van der Waals surface area (Å²) in [6.07, 6.45) is 2.24. The van der Waals surface area contributed by atoms with E-state index >= 15 is 0 Å². The van der Waals surface area contributed by atoms with Crippen LogP contribution in [0.1, 0.15) is 11.7 Å². The zero-order valence-electron chi connectivity index (χ0n) is 7.79. The zero-order chi connectivity index (χ0) is 9.38. The topological polar surface area (TPSA) is 37.0 Å². The Morgan fingerprint density at radius 3 is 3.07 bits per heavy atom. The predicted molar refractivity (Wildman–Crippen MR) is 55.0 cm³/mol. The van der Waals surface area contributed by atoms with Crippen molar-refractivity contribution in [1.29, 1.82) is 0 Å². The minimum Gasteiger partial charge on any atom is -0.361 e. The summed E-state index contributed by atoms with van der Waals surface area (Å²) in [4.78, 5) is 3.26. The van der Waals surface area contributed by atoms with E-state index in [-0.39, 0.29) is 6.10 Å². The maximum absolute atomic E-state index is 5.57. The number of benzene rings is 1. The molecule has 1 unspecified atom stereocenters. The Morgan fingerprint density at radius 1 is 1.29 bits per heavy atom. The maximum atomic E-state index is 5.57. The highest BCUT2D eigenvalue weighted by Gasteiger charge is 2.19.